The molecule has 4 aromatic carbocycles. The van der Waals surface area contributed by atoms with Gasteiger partial charge in [0.05, 0.1) is 9.79 Å². The van der Waals surface area contributed by atoms with Gasteiger partial charge in [-0.1, -0.05) is 50.2 Å². The minimum absolute atomic E-state index is 0. The number of phenols is 2. The molecule has 18 nitrogen and oxygen atoms in total. The maximum Gasteiger partial charge on any atom is 2.00 e. The van der Waals surface area contributed by atoms with Crippen LogP contribution in [0.5, 0.6) is 11.5 Å². The van der Waals surface area contributed by atoms with E-state index in [1.54, 1.807) is 60.7 Å². The van der Waals surface area contributed by atoms with Gasteiger partial charge in [0, 0.05) is 11.4 Å². The number of carbonyl (C=O) groups excluding carboxylic acids is 2. The quantitative estimate of drug-likeness (QED) is 0.0773. The zero-order valence-electron chi connectivity index (χ0n) is 27.5. The molecule has 0 atom stereocenters. The molecule has 4 aromatic rings. The van der Waals surface area contributed by atoms with E-state index in [1.807, 2.05) is 0 Å². The third kappa shape index (κ3) is 13.3. The normalized spacial score (nSPS) is 12.5. The molecule has 0 aliphatic heterocycles. The number of anilines is 2. The van der Waals surface area contributed by atoms with Crippen LogP contribution in [0.2, 0.25) is 0 Å². The zero-order valence-corrected chi connectivity index (χ0v) is 30.2. The molecule has 0 bridgehead atoms. The van der Waals surface area contributed by atoms with Crippen molar-refractivity contribution in [2.75, 3.05) is 10.6 Å². The summed E-state index contributed by atoms with van der Waals surface area (Å²) in [5.41, 5.74) is -0.662. The number of rotatable bonds is 10. The molecule has 0 aliphatic carbocycles. The van der Waals surface area contributed by atoms with Gasteiger partial charge in [0.15, 0.2) is 0 Å². The number of benzene rings is 4. The number of para-hydroxylation sites is 2. The van der Waals surface area contributed by atoms with Crippen LogP contribution < -0.4 is 31.1 Å². The van der Waals surface area contributed by atoms with Crippen molar-refractivity contribution in [2.24, 2.45) is 30.7 Å². The van der Waals surface area contributed by atoms with Crippen LogP contribution in [0.3, 0.4) is 0 Å². The number of phenolic OH excluding ortho intramolecular Hbond substituents is 2. The largest absolute Gasteiger partial charge is 2.00 e. The monoisotopic (exact) mass is 809 g/mol. The third-order valence-corrected chi connectivity index (χ3v) is 8.05. The minimum atomic E-state index is -4.02. The molecule has 0 unspecified atom stereocenters. The molecule has 0 heterocycles. The Balaban J connectivity index is 0.000000360. The van der Waals surface area contributed by atoms with Crippen LogP contribution in [0.4, 0.5) is 22.7 Å². The van der Waals surface area contributed by atoms with Crippen LogP contribution in [0, 0.1) is 0 Å². The summed E-state index contributed by atoms with van der Waals surface area (Å²) < 4.78 is 45.4. The second kappa shape index (κ2) is 19.0. The fourth-order valence-electron chi connectivity index (χ4n) is 3.70. The predicted molar refractivity (Wildman–Crippen MR) is 184 cm³/mol. The predicted octanol–water partition coefficient (Wildman–Crippen LogP) is 2.71. The smallest absolute Gasteiger partial charge is 0.874 e. The summed E-state index contributed by atoms with van der Waals surface area (Å²) in [6.45, 7) is 2.25. The number of primary sulfonamides is 2. The Morgan fingerprint density at radius 2 is 0.925 bits per heavy atom. The van der Waals surface area contributed by atoms with Crippen LogP contribution in [-0.2, 0) is 46.4 Å². The number of allylic oxidation sites excluding steroid dienone is 2. The van der Waals surface area contributed by atoms with Crippen molar-refractivity contribution in [1.29, 1.82) is 0 Å². The van der Waals surface area contributed by atoms with E-state index < -0.39 is 66.3 Å². The van der Waals surface area contributed by atoms with Crippen molar-refractivity contribution in [3.8, 4) is 11.5 Å². The number of sulfonamides is 2. The Hall–Kier alpha value is -5.97. The summed E-state index contributed by atoms with van der Waals surface area (Å²) in [7, 11) is -8.04. The average Bonchev–Trinajstić information content (AvgIpc) is 3.06. The van der Waals surface area contributed by atoms with Crippen LogP contribution in [0.25, 0.3) is 0 Å². The van der Waals surface area contributed by atoms with Gasteiger partial charge in [-0.05, 0) is 60.7 Å². The van der Waals surface area contributed by atoms with Crippen molar-refractivity contribution < 1.29 is 63.6 Å². The summed E-state index contributed by atoms with van der Waals surface area (Å²) in [5, 5.41) is 72.1. The number of hydrogen-bond donors (Lipinski definition) is 6. The number of nitrogens with one attached hydrogen (secondary N) is 2. The van der Waals surface area contributed by atoms with Crippen molar-refractivity contribution in [3.05, 3.63) is 120 Å². The maximum absolute atomic E-state index is 12.2. The van der Waals surface area contributed by atoms with Crippen LogP contribution in [0.15, 0.2) is 150 Å². The molecular formula is C32H30CoN8O10S2. The first-order chi connectivity index (χ1) is 24.4. The number of azo groups is 2. The van der Waals surface area contributed by atoms with Crippen LogP contribution in [-0.4, -0.2) is 38.9 Å². The van der Waals surface area contributed by atoms with Gasteiger partial charge < -0.3 is 31.1 Å². The van der Waals surface area contributed by atoms with Crippen molar-refractivity contribution in [3.63, 3.8) is 0 Å². The SMILES string of the molecule is C/C([O-])=C(/N=Nc1cc(S(N)(=O)=O)ccc1O)C(=O)Nc1ccccc1.C/C([O-])=C(/N=Nc1cc(S(N)(=O)=O)ccc1O)C(=O)Nc1ccccc1.[Co+2]. The van der Waals surface area contributed by atoms with Gasteiger partial charge in [-0.3, -0.25) is 9.59 Å². The molecule has 0 aliphatic rings. The van der Waals surface area contributed by atoms with E-state index in [-0.39, 0.29) is 37.9 Å². The fraction of sp³-hybridized carbons (Fsp3) is 0.0625. The Morgan fingerprint density at radius 3 is 1.21 bits per heavy atom. The molecule has 0 saturated carbocycles. The first kappa shape index (κ1) is 43.2. The maximum atomic E-state index is 12.2. The molecule has 2 amide bonds. The molecule has 0 fully saturated rings. The first-order valence-corrected chi connectivity index (χ1v) is 17.5. The summed E-state index contributed by atoms with van der Waals surface area (Å²) in [5.74, 6) is -3.71. The zero-order chi connectivity index (χ0) is 38.6. The molecule has 279 valence electrons. The van der Waals surface area contributed by atoms with Gasteiger partial charge in [0.25, 0.3) is 11.8 Å². The van der Waals surface area contributed by atoms with E-state index in [2.05, 4.69) is 31.1 Å². The summed E-state index contributed by atoms with van der Waals surface area (Å²) in [6.07, 6.45) is 0. The summed E-state index contributed by atoms with van der Waals surface area (Å²) >= 11 is 0. The Kier molecular flexibility index (Phi) is 15.5. The first-order valence-electron chi connectivity index (χ1n) is 14.4. The second-order valence-electron chi connectivity index (χ2n) is 10.2. The molecule has 21 heteroatoms. The van der Waals surface area contributed by atoms with E-state index in [1.165, 1.54) is 0 Å². The van der Waals surface area contributed by atoms with Crippen molar-refractivity contribution in [1.82, 2.24) is 0 Å². The topological polar surface area (TPSA) is 315 Å². The Bertz CT molecular complexity index is 2130. The van der Waals surface area contributed by atoms with E-state index in [0.717, 1.165) is 50.2 Å². The van der Waals surface area contributed by atoms with Gasteiger partial charge in [0.1, 0.15) is 34.3 Å². The van der Waals surface area contributed by atoms with Gasteiger partial charge >= 0.3 is 16.8 Å². The molecule has 0 spiro atoms. The summed E-state index contributed by atoms with van der Waals surface area (Å²) in [6, 6.07) is 23.0. The summed E-state index contributed by atoms with van der Waals surface area (Å²) in [4.78, 5) is 23.8. The van der Waals surface area contributed by atoms with Crippen LogP contribution >= 0.6 is 0 Å². The fourth-order valence-corrected chi connectivity index (χ4v) is 4.77. The molecule has 0 saturated heterocycles. The van der Waals surface area contributed by atoms with E-state index in [0.29, 0.717) is 11.4 Å². The number of hydrogen-bond acceptors (Lipinski definition) is 14. The third-order valence-electron chi connectivity index (χ3n) is 6.23. The number of carbonyl (C=O) groups is 2. The molecular weight excluding hydrogens is 779 g/mol. The number of amides is 2. The number of nitrogens with zero attached hydrogens (tertiary/aromatic N) is 4. The minimum Gasteiger partial charge on any atom is -0.874 e. The van der Waals surface area contributed by atoms with E-state index in [9.17, 15) is 46.9 Å². The Labute approximate surface area is 313 Å². The second-order valence-corrected chi connectivity index (χ2v) is 13.4. The van der Waals surface area contributed by atoms with Gasteiger partial charge in [-0.15, -0.1) is 32.0 Å². The van der Waals surface area contributed by atoms with E-state index in [4.69, 9.17) is 10.3 Å². The van der Waals surface area contributed by atoms with E-state index >= 15 is 0 Å². The molecule has 0 aromatic heterocycles. The van der Waals surface area contributed by atoms with Gasteiger partial charge in [-0.2, -0.15) is 0 Å². The van der Waals surface area contributed by atoms with Crippen molar-refractivity contribution >= 4 is 54.6 Å². The number of aromatic hydroxyl groups is 2. The average molecular weight is 810 g/mol. The van der Waals surface area contributed by atoms with Gasteiger partial charge in [0.2, 0.25) is 20.0 Å². The molecule has 8 N–H and O–H groups in total. The molecule has 1 radical (unpaired) electrons. The standard InChI is InChI=1S/2C16H16N4O5S.Co/c2*1-10(21)15(16(23)18-11-5-3-2-4-6-11)20-19-13-9-12(26(17,24)25)7-8-14(13)22;/h2*2-9,21-22H,1H3,(H,18,23)(H2,17,24,25);/q;;+2/p-2/b2*15-10-,20-19?;. The van der Waals surface area contributed by atoms with Crippen molar-refractivity contribution in [2.45, 2.75) is 23.6 Å². The molecule has 53 heavy (non-hydrogen) atoms. The van der Waals surface area contributed by atoms with Crippen LogP contribution in [0.1, 0.15) is 13.8 Å². The Morgan fingerprint density at radius 1 is 0.604 bits per heavy atom. The molecule has 4 rings (SSSR count). The number of nitrogens with two attached hydrogens (primary N) is 2. The van der Waals surface area contributed by atoms with Gasteiger partial charge in [-0.25, -0.2) is 27.1 Å².